The number of para-hydroxylation sites is 1. The fourth-order valence-electron chi connectivity index (χ4n) is 3.78. The number of carbonyl (C=O) groups excluding carboxylic acids is 2. The van der Waals surface area contributed by atoms with Crippen LogP contribution in [0.2, 0.25) is 0 Å². The average Bonchev–Trinajstić information content (AvgIpc) is 3.17. The Morgan fingerprint density at radius 3 is 2.82 bits per heavy atom. The van der Waals surface area contributed by atoms with Crippen molar-refractivity contribution in [1.82, 2.24) is 9.88 Å². The van der Waals surface area contributed by atoms with Crippen LogP contribution in [0.5, 0.6) is 5.75 Å². The molecule has 0 spiro atoms. The van der Waals surface area contributed by atoms with Crippen LogP contribution < -0.4 is 10.1 Å². The summed E-state index contributed by atoms with van der Waals surface area (Å²) in [5.74, 6) is 0.785. The highest BCUT2D eigenvalue weighted by atomic mass is 32.1. The maximum atomic E-state index is 12.9. The van der Waals surface area contributed by atoms with E-state index >= 15 is 0 Å². The predicted octanol–water partition coefficient (Wildman–Crippen LogP) is 3.65. The Morgan fingerprint density at radius 1 is 1.18 bits per heavy atom. The van der Waals surface area contributed by atoms with Gasteiger partial charge in [-0.2, -0.15) is 0 Å². The SMILES string of the molecule is O=C1COc2cc(C(=O)N3CCC(c4nc5ccccc5s4)CC3)ccc2N1. The molecule has 7 heteroatoms. The van der Waals surface area contributed by atoms with Gasteiger partial charge in [0, 0.05) is 24.6 Å². The number of likely N-dealkylation sites (tertiary alicyclic amines) is 1. The molecule has 0 saturated carbocycles. The van der Waals surface area contributed by atoms with Gasteiger partial charge in [-0.3, -0.25) is 9.59 Å². The van der Waals surface area contributed by atoms with Crippen molar-refractivity contribution in [2.24, 2.45) is 0 Å². The molecule has 0 bridgehead atoms. The minimum atomic E-state index is -0.177. The second-order valence-corrected chi connectivity index (χ2v) is 8.20. The summed E-state index contributed by atoms with van der Waals surface area (Å²) in [5.41, 5.74) is 2.26. The summed E-state index contributed by atoms with van der Waals surface area (Å²) in [6.45, 7) is 1.42. The van der Waals surface area contributed by atoms with E-state index in [1.54, 1.807) is 29.5 Å². The molecule has 5 rings (SSSR count). The lowest BCUT2D eigenvalue weighted by atomic mass is 9.97. The molecule has 1 N–H and O–H groups in total. The molecule has 3 aromatic rings. The number of hydrogen-bond acceptors (Lipinski definition) is 5. The molecule has 2 aliphatic rings. The second-order valence-electron chi connectivity index (χ2n) is 7.13. The lowest BCUT2D eigenvalue weighted by Gasteiger charge is -2.31. The van der Waals surface area contributed by atoms with Gasteiger partial charge >= 0.3 is 0 Å². The number of rotatable bonds is 2. The van der Waals surface area contributed by atoms with Crippen LogP contribution in [0, 0.1) is 0 Å². The van der Waals surface area contributed by atoms with Crippen molar-refractivity contribution < 1.29 is 14.3 Å². The number of benzene rings is 2. The van der Waals surface area contributed by atoms with E-state index in [1.807, 2.05) is 17.0 Å². The molecule has 1 aromatic heterocycles. The zero-order valence-corrected chi connectivity index (χ0v) is 16.0. The van der Waals surface area contributed by atoms with Gasteiger partial charge < -0.3 is 15.0 Å². The van der Waals surface area contributed by atoms with Gasteiger partial charge in [0.05, 0.1) is 20.9 Å². The van der Waals surface area contributed by atoms with Gasteiger partial charge in [0.15, 0.2) is 6.61 Å². The molecule has 0 atom stereocenters. The van der Waals surface area contributed by atoms with Crippen LogP contribution >= 0.6 is 11.3 Å². The number of hydrogen-bond donors (Lipinski definition) is 1. The number of fused-ring (bicyclic) bond motifs is 2. The van der Waals surface area contributed by atoms with E-state index in [-0.39, 0.29) is 18.4 Å². The lowest BCUT2D eigenvalue weighted by Crippen LogP contribution is -2.38. The lowest BCUT2D eigenvalue weighted by molar-refractivity contribution is -0.118. The first-order valence-electron chi connectivity index (χ1n) is 9.39. The molecule has 2 aliphatic heterocycles. The molecule has 0 aliphatic carbocycles. The van der Waals surface area contributed by atoms with E-state index in [9.17, 15) is 9.59 Å². The van der Waals surface area contributed by atoms with E-state index in [2.05, 4.69) is 17.4 Å². The average molecular weight is 393 g/mol. The van der Waals surface area contributed by atoms with Crippen LogP contribution in [0.15, 0.2) is 42.5 Å². The van der Waals surface area contributed by atoms with Crippen molar-refractivity contribution in [3.05, 3.63) is 53.0 Å². The van der Waals surface area contributed by atoms with Gasteiger partial charge in [0.1, 0.15) is 5.75 Å². The van der Waals surface area contributed by atoms with Crippen LogP contribution in [0.3, 0.4) is 0 Å². The molecule has 6 nitrogen and oxygen atoms in total. The van der Waals surface area contributed by atoms with E-state index < -0.39 is 0 Å². The summed E-state index contributed by atoms with van der Waals surface area (Å²) in [6.07, 6.45) is 1.84. The first-order chi connectivity index (χ1) is 13.7. The number of carbonyl (C=O) groups is 2. The van der Waals surface area contributed by atoms with Crippen molar-refractivity contribution >= 4 is 39.1 Å². The van der Waals surface area contributed by atoms with Crippen molar-refractivity contribution in [2.75, 3.05) is 25.0 Å². The van der Waals surface area contributed by atoms with Crippen LogP contribution in [0.25, 0.3) is 10.2 Å². The van der Waals surface area contributed by atoms with E-state index in [1.165, 1.54) is 9.71 Å². The van der Waals surface area contributed by atoms with E-state index in [4.69, 9.17) is 9.72 Å². The summed E-state index contributed by atoms with van der Waals surface area (Å²) in [7, 11) is 0. The van der Waals surface area contributed by atoms with E-state index in [0.717, 1.165) is 18.4 Å². The third kappa shape index (κ3) is 3.11. The molecule has 1 fully saturated rings. The monoisotopic (exact) mass is 393 g/mol. The minimum absolute atomic E-state index is 0.00560. The standard InChI is InChI=1S/C21H19N3O3S/c25-19-12-27-17-11-14(5-6-15(17)22-19)21(26)24-9-7-13(8-10-24)20-23-16-3-1-2-4-18(16)28-20/h1-6,11,13H,7-10,12H2,(H,22,25). The molecule has 1 saturated heterocycles. The zero-order valence-electron chi connectivity index (χ0n) is 15.2. The highest BCUT2D eigenvalue weighted by molar-refractivity contribution is 7.18. The Hall–Kier alpha value is -2.93. The number of nitrogens with zero attached hydrogens (tertiary/aromatic N) is 2. The Labute approximate surface area is 166 Å². The number of amides is 2. The molecule has 2 amide bonds. The molecule has 0 unspecified atom stereocenters. The summed E-state index contributed by atoms with van der Waals surface area (Å²) < 4.78 is 6.65. The number of aromatic nitrogens is 1. The topological polar surface area (TPSA) is 71.5 Å². The Morgan fingerprint density at radius 2 is 2.00 bits per heavy atom. The molecule has 142 valence electrons. The van der Waals surface area contributed by atoms with Crippen LogP contribution in [0.4, 0.5) is 5.69 Å². The van der Waals surface area contributed by atoms with Gasteiger partial charge in [-0.05, 0) is 43.2 Å². The Balaban J connectivity index is 1.27. The molecule has 2 aromatic carbocycles. The smallest absolute Gasteiger partial charge is 0.262 e. The van der Waals surface area contributed by atoms with E-state index in [0.29, 0.717) is 36.0 Å². The summed E-state index contributed by atoms with van der Waals surface area (Å²) in [5, 5.41) is 3.92. The van der Waals surface area contributed by atoms with Crippen molar-refractivity contribution in [3.8, 4) is 5.75 Å². The Kier molecular flexibility index (Phi) is 4.24. The molecule has 0 radical (unpaired) electrons. The van der Waals surface area contributed by atoms with Crippen molar-refractivity contribution in [1.29, 1.82) is 0 Å². The van der Waals surface area contributed by atoms with Crippen LogP contribution in [-0.2, 0) is 4.79 Å². The van der Waals surface area contributed by atoms with Crippen molar-refractivity contribution in [3.63, 3.8) is 0 Å². The van der Waals surface area contributed by atoms with Gasteiger partial charge in [-0.1, -0.05) is 12.1 Å². The molecule has 3 heterocycles. The summed E-state index contributed by atoms with van der Waals surface area (Å²) in [4.78, 5) is 31.0. The van der Waals surface area contributed by atoms with Crippen molar-refractivity contribution in [2.45, 2.75) is 18.8 Å². The quantitative estimate of drug-likeness (QED) is 0.721. The Bertz CT molecular complexity index is 1040. The number of piperidine rings is 1. The maximum absolute atomic E-state index is 12.9. The fourth-order valence-corrected chi connectivity index (χ4v) is 4.92. The molecule has 28 heavy (non-hydrogen) atoms. The summed E-state index contributed by atoms with van der Waals surface area (Å²) >= 11 is 1.76. The van der Waals surface area contributed by atoms with Gasteiger partial charge in [0.25, 0.3) is 11.8 Å². The first kappa shape index (κ1) is 17.2. The summed E-state index contributed by atoms with van der Waals surface area (Å²) in [6, 6.07) is 13.4. The number of ether oxygens (including phenoxy) is 1. The third-order valence-corrected chi connectivity index (χ3v) is 6.50. The molecular weight excluding hydrogens is 374 g/mol. The number of anilines is 1. The largest absolute Gasteiger partial charge is 0.482 e. The predicted molar refractivity (Wildman–Crippen MR) is 108 cm³/mol. The first-order valence-corrected chi connectivity index (χ1v) is 10.2. The van der Waals surface area contributed by atoms with Gasteiger partial charge in [0.2, 0.25) is 0 Å². The second kappa shape index (κ2) is 6.91. The van der Waals surface area contributed by atoms with Gasteiger partial charge in [-0.25, -0.2) is 4.98 Å². The van der Waals surface area contributed by atoms with Crippen LogP contribution in [0.1, 0.15) is 34.1 Å². The number of nitrogens with one attached hydrogen (secondary N) is 1. The number of thiazole rings is 1. The third-order valence-electron chi connectivity index (χ3n) is 5.30. The highest BCUT2D eigenvalue weighted by Crippen LogP contribution is 2.35. The van der Waals surface area contributed by atoms with Crippen LogP contribution in [-0.4, -0.2) is 41.4 Å². The zero-order chi connectivity index (χ0) is 19.1. The highest BCUT2D eigenvalue weighted by Gasteiger charge is 2.27. The minimum Gasteiger partial charge on any atom is -0.482 e. The fraction of sp³-hybridized carbons (Fsp3) is 0.286. The van der Waals surface area contributed by atoms with Gasteiger partial charge in [-0.15, -0.1) is 11.3 Å². The maximum Gasteiger partial charge on any atom is 0.262 e. The normalized spacial score (nSPS) is 17.1. The molecular formula is C21H19N3O3S.